The van der Waals surface area contributed by atoms with E-state index in [1.54, 1.807) is 0 Å². The van der Waals surface area contributed by atoms with Crippen LogP contribution in [0.4, 0.5) is 0 Å². The standard InChI is InChI=1S/C21H22O3/c1-21(2,3)24-12-11-23-20(22)18-10-6-9-17-13-15-7-4-5-8-16(15)14-19(17)18/h4-10,13-14H,11-12H2,1-3H3. The smallest absolute Gasteiger partial charge is 0.338 e. The Balaban J connectivity index is 1.83. The van der Waals surface area contributed by atoms with E-state index in [0.29, 0.717) is 12.2 Å². The Hall–Kier alpha value is -2.39. The molecular formula is C21H22O3. The number of benzene rings is 3. The summed E-state index contributed by atoms with van der Waals surface area (Å²) in [6, 6.07) is 18.0. The number of carbonyl (C=O) groups excluding carboxylic acids is 1. The number of esters is 1. The minimum Gasteiger partial charge on any atom is -0.460 e. The average Bonchev–Trinajstić information content (AvgIpc) is 2.55. The van der Waals surface area contributed by atoms with Gasteiger partial charge in [0.25, 0.3) is 0 Å². The van der Waals surface area contributed by atoms with Crippen molar-refractivity contribution in [1.82, 2.24) is 0 Å². The van der Waals surface area contributed by atoms with Crippen LogP contribution in [0, 0.1) is 0 Å². The molecular weight excluding hydrogens is 300 g/mol. The van der Waals surface area contributed by atoms with Gasteiger partial charge in [0.15, 0.2) is 0 Å². The maximum absolute atomic E-state index is 12.4. The molecule has 0 saturated heterocycles. The molecule has 24 heavy (non-hydrogen) atoms. The maximum Gasteiger partial charge on any atom is 0.338 e. The molecule has 0 unspecified atom stereocenters. The van der Waals surface area contributed by atoms with Gasteiger partial charge in [0.05, 0.1) is 17.8 Å². The molecule has 0 bridgehead atoms. The van der Waals surface area contributed by atoms with E-state index in [9.17, 15) is 4.79 Å². The van der Waals surface area contributed by atoms with Crippen LogP contribution in [0.1, 0.15) is 31.1 Å². The summed E-state index contributed by atoms with van der Waals surface area (Å²) in [5.41, 5.74) is 0.360. The molecule has 0 aromatic heterocycles. The molecule has 0 heterocycles. The van der Waals surface area contributed by atoms with Crippen molar-refractivity contribution in [3.05, 3.63) is 60.2 Å². The Morgan fingerprint density at radius 2 is 1.54 bits per heavy atom. The van der Waals surface area contributed by atoms with Crippen LogP contribution in [-0.2, 0) is 9.47 Å². The van der Waals surface area contributed by atoms with Gasteiger partial charge in [-0.25, -0.2) is 4.79 Å². The zero-order valence-corrected chi connectivity index (χ0v) is 14.3. The second-order valence-corrected chi connectivity index (χ2v) is 6.82. The fourth-order valence-corrected chi connectivity index (χ4v) is 2.70. The van der Waals surface area contributed by atoms with E-state index in [1.807, 2.05) is 63.2 Å². The van der Waals surface area contributed by atoms with Crippen molar-refractivity contribution >= 4 is 27.5 Å². The third-order valence-corrected chi connectivity index (χ3v) is 3.82. The fourth-order valence-electron chi connectivity index (χ4n) is 2.70. The van der Waals surface area contributed by atoms with E-state index in [0.717, 1.165) is 21.5 Å². The van der Waals surface area contributed by atoms with Gasteiger partial charge in [-0.3, -0.25) is 0 Å². The molecule has 3 nitrogen and oxygen atoms in total. The topological polar surface area (TPSA) is 35.5 Å². The maximum atomic E-state index is 12.4. The highest BCUT2D eigenvalue weighted by atomic mass is 16.6. The molecule has 3 heteroatoms. The Bertz CT molecular complexity index is 875. The largest absolute Gasteiger partial charge is 0.460 e. The van der Waals surface area contributed by atoms with Gasteiger partial charge in [-0.2, -0.15) is 0 Å². The quantitative estimate of drug-likeness (QED) is 0.387. The average molecular weight is 322 g/mol. The molecule has 0 N–H and O–H groups in total. The summed E-state index contributed by atoms with van der Waals surface area (Å²) in [6.07, 6.45) is 0. The van der Waals surface area contributed by atoms with Crippen LogP contribution >= 0.6 is 0 Å². The summed E-state index contributed by atoms with van der Waals surface area (Å²) in [4.78, 5) is 12.4. The van der Waals surface area contributed by atoms with Crippen LogP contribution in [0.3, 0.4) is 0 Å². The summed E-state index contributed by atoms with van der Waals surface area (Å²) < 4.78 is 11.0. The fraction of sp³-hybridized carbons (Fsp3) is 0.286. The van der Waals surface area contributed by atoms with Crippen molar-refractivity contribution in [2.45, 2.75) is 26.4 Å². The van der Waals surface area contributed by atoms with Gasteiger partial charge in [0.1, 0.15) is 6.61 Å². The van der Waals surface area contributed by atoms with Crippen molar-refractivity contribution in [2.75, 3.05) is 13.2 Å². The molecule has 0 radical (unpaired) electrons. The van der Waals surface area contributed by atoms with Crippen molar-refractivity contribution in [1.29, 1.82) is 0 Å². The highest BCUT2D eigenvalue weighted by Crippen LogP contribution is 2.26. The van der Waals surface area contributed by atoms with Gasteiger partial charge in [-0.15, -0.1) is 0 Å². The third kappa shape index (κ3) is 3.74. The summed E-state index contributed by atoms with van der Waals surface area (Å²) >= 11 is 0. The van der Waals surface area contributed by atoms with Gasteiger partial charge in [0, 0.05) is 0 Å². The SMILES string of the molecule is CC(C)(C)OCCOC(=O)c1cccc2cc3ccccc3cc12. The molecule has 0 aliphatic heterocycles. The van der Waals surface area contributed by atoms with Crippen molar-refractivity contribution in [3.63, 3.8) is 0 Å². The summed E-state index contributed by atoms with van der Waals surface area (Å²) in [5.74, 6) is -0.312. The van der Waals surface area contributed by atoms with Gasteiger partial charge < -0.3 is 9.47 Å². The Morgan fingerprint density at radius 1 is 0.875 bits per heavy atom. The summed E-state index contributed by atoms with van der Waals surface area (Å²) in [5, 5.41) is 4.22. The van der Waals surface area contributed by atoms with Gasteiger partial charge >= 0.3 is 5.97 Å². The van der Waals surface area contributed by atoms with E-state index >= 15 is 0 Å². The molecule has 124 valence electrons. The summed E-state index contributed by atoms with van der Waals surface area (Å²) in [7, 11) is 0. The molecule has 0 atom stereocenters. The number of carbonyl (C=O) groups is 1. The molecule has 3 rings (SSSR count). The number of ether oxygens (including phenoxy) is 2. The zero-order chi connectivity index (χ0) is 17.2. The zero-order valence-electron chi connectivity index (χ0n) is 14.3. The predicted octanol–water partition coefficient (Wildman–Crippen LogP) is 4.96. The normalized spacial score (nSPS) is 11.8. The lowest BCUT2D eigenvalue weighted by Gasteiger charge is -2.19. The molecule has 3 aromatic carbocycles. The second kappa shape index (κ2) is 6.62. The van der Waals surface area contributed by atoms with Gasteiger partial charge in [0.2, 0.25) is 0 Å². The van der Waals surface area contributed by atoms with E-state index < -0.39 is 0 Å². The predicted molar refractivity (Wildman–Crippen MR) is 97.4 cm³/mol. The highest BCUT2D eigenvalue weighted by Gasteiger charge is 2.13. The molecule has 0 fully saturated rings. The van der Waals surface area contributed by atoms with Crippen molar-refractivity contribution in [2.24, 2.45) is 0 Å². The number of hydrogen-bond acceptors (Lipinski definition) is 3. The Labute approximate surface area is 142 Å². The molecule has 0 aliphatic carbocycles. The molecule has 0 amide bonds. The minimum absolute atomic E-state index is 0.231. The monoisotopic (exact) mass is 322 g/mol. The van der Waals surface area contributed by atoms with E-state index in [2.05, 4.69) is 12.1 Å². The molecule has 0 aliphatic rings. The first kappa shape index (κ1) is 16.5. The number of hydrogen-bond donors (Lipinski definition) is 0. The number of fused-ring (bicyclic) bond motifs is 2. The van der Waals surface area contributed by atoms with E-state index in [-0.39, 0.29) is 18.2 Å². The third-order valence-electron chi connectivity index (χ3n) is 3.82. The van der Waals surface area contributed by atoms with Gasteiger partial charge in [-0.05, 0) is 60.5 Å². The second-order valence-electron chi connectivity index (χ2n) is 6.82. The first-order chi connectivity index (χ1) is 11.4. The first-order valence-electron chi connectivity index (χ1n) is 8.17. The van der Waals surface area contributed by atoms with Gasteiger partial charge in [-0.1, -0.05) is 36.4 Å². The highest BCUT2D eigenvalue weighted by molar-refractivity contribution is 6.08. The van der Waals surface area contributed by atoms with E-state index in [4.69, 9.17) is 9.47 Å². The van der Waals surface area contributed by atoms with Crippen molar-refractivity contribution < 1.29 is 14.3 Å². The molecule has 3 aromatic rings. The lowest BCUT2D eigenvalue weighted by molar-refractivity contribution is -0.0281. The number of rotatable bonds is 4. The van der Waals surface area contributed by atoms with Crippen LogP contribution in [0.2, 0.25) is 0 Å². The first-order valence-corrected chi connectivity index (χ1v) is 8.17. The van der Waals surface area contributed by atoms with Crippen molar-refractivity contribution in [3.8, 4) is 0 Å². The van der Waals surface area contributed by atoms with Crippen LogP contribution < -0.4 is 0 Å². The molecule has 0 saturated carbocycles. The minimum atomic E-state index is -0.312. The Morgan fingerprint density at radius 3 is 2.25 bits per heavy atom. The van der Waals surface area contributed by atoms with Crippen LogP contribution in [0.25, 0.3) is 21.5 Å². The van der Waals surface area contributed by atoms with E-state index in [1.165, 1.54) is 0 Å². The van der Waals surface area contributed by atoms with Crippen LogP contribution in [0.5, 0.6) is 0 Å². The molecule has 0 spiro atoms. The lowest BCUT2D eigenvalue weighted by atomic mass is 10.00. The Kier molecular flexibility index (Phi) is 4.54. The summed E-state index contributed by atoms with van der Waals surface area (Å²) in [6.45, 7) is 6.57. The van der Waals surface area contributed by atoms with Crippen LogP contribution in [0.15, 0.2) is 54.6 Å². The van der Waals surface area contributed by atoms with Crippen LogP contribution in [-0.4, -0.2) is 24.8 Å². The lowest BCUT2D eigenvalue weighted by Crippen LogP contribution is -2.22.